The van der Waals surface area contributed by atoms with E-state index in [4.69, 9.17) is 14.2 Å². The third kappa shape index (κ3) is 4.12. The highest BCUT2D eigenvalue weighted by atomic mass is 16.5. The molecule has 0 saturated carbocycles. The second-order valence-corrected chi connectivity index (χ2v) is 5.61. The average molecular weight is 380 g/mol. The van der Waals surface area contributed by atoms with Crippen molar-refractivity contribution in [2.24, 2.45) is 0 Å². The zero-order chi connectivity index (χ0) is 19.9. The van der Waals surface area contributed by atoms with E-state index in [0.717, 1.165) is 5.56 Å². The number of ether oxygens (including phenoxy) is 3. The Bertz CT molecular complexity index is 959. The molecular weight excluding hydrogens is 360 g/mol. The van der Waals surface area contributed by atoms with Gasteiger partial charge in [-0.2, -0.15) is 5.10 Å². The van der Waals surface area contributed by atoms with Crippen LogP contribution in [0.25, 0.3) is 11.9 Å². The molecule has 2 heterocycles. The first-order valence-electron chi connectivity index (χ1n) is 8.40. The Kier molecular flexibility index (Phi) is 5.91. The van der Waals surface area contributed by atoms with Crippen LogP contribution in [-0.4, -0.2) is 42.0 Å². The van der Waals surface area contributed by atoms with Gasteiger partial charge in [-0.25, -0.2) is 9.67 Å². The summed E-state index contributed by atoms with van der Waals surface area (Å²) in [5, 5.41) is 6.96. The van der Waals surface area contributed by atoms with Crippen LogP contribution in [-0.2, 0) is 4.79 Å². The largest absolute Gasteiger partial charge is 0.493 e. The van der Waals surface area contributed by atoms with Crippen LogP contribution >= 0.6 is 0 Å². The number of hydrogen-bond donors (Lipinski definition) is 1. The van der Waals surface area contributed by atoms with E-state index in [2.05, 4.69) is 15.4 Å². The normalized spacial score (nSPS) is 10.7. The number of pyridine rings is 1. The lowest BCUT2D eigenvalue weighted by atomic mass is 10.1. The van der Waals surface area contributed by atoms with Crippen molar-refractivity contribution in [1.29, 1.82) is 0 Å². The van der Waals surface area contributed by atoms with Gasteiger partial charge in [0.05, 0.1) is 27.0 Å². The van der Waals surface area contributed by atoms with E-state index >= 15 is 0 Å². The van der Waals surface area contributed by atoms with Crippen LogP contribution in [0.1, 0.15) is 5.56 Å². The third-order valence-corrected chi connectivity index (χ3v) is 3.88. The molecule has 8 nitrogen and oxygen atoms in total. The van der Waals surface area contributed by atoms with Gasteiger partial charge in [0.25, 0.3) is 0 Å². The van der Waals surface area contributed by atoms with Gasteiger partial charge >= 0.3 is 0 Å². The van der Waals surface area contributed by atoms with Gasteiger partial charge in [-0.05, 0) is 42.0 Å². The molecule has 0 aliphatic heterocycles. The van der Waals surface area contributed by atoms with Crippen molar-refractivity contribution in [2.75, 3.05) is 26.6 Å². The van der Waals surface area contributed by atoms with Crippen LogP contribution < -0.4 is 19.5 Å². The van der Waals surface area contributed by atoms with Crippen molar-refractivity contribution in [1.82, 2.24) is 14.8 Å². The summed E-state index contributed by atoms with van der Waals surface area (Å²) in [6, 6.07) is 8.79. The molecule has 0 aliphatic carbocycles. The molecule has 0 unspecified atom stereocenters. The van der Waals surface area contributed by atoms with Gasteiger partial charge in [0.2, 0.25) is 11.7 Å². The van der Waals surface area contributed by atoms with Crippen molar-refractivity contribution in [2.45, 2.75) is 0 Å². The van der Waals surface area contributed by atoms with Crippen molar-refractivity contribution < 1.29 is 19.0 Å². The van der Waals surface area contributed by atoms with E-state index in [0.29, 0.717) is 28.8 Å². The monoisotopic (exact) mass is 380 g/mol. The minimum atomic E-state index is -0.310. The summed E-state index contributed by atoms with van der Waals surface area (Å²) in [5.74, 6) is 1.73. The summed E-state index contributed by atoms with van der Waals surface area (Å²) in [7, 11) is 4.61. The number of nitrogens with one attached hydrogen (secondary N) is 1. The molecule has 28 heavy (non-hydrogen) atoms. The van der Waals surface area contributed by atoms with Gasteiger partial charge < -0.3 is 19.5 Å². The standard InChI is InChI=1S/C20H20N4O4/c1-26-16-12-14(13-17(27-2)19(16)28-3)7-8-18(25)23-15-6-4-9-21-20(15)24-11-5-10-22-24/h4-13H,1-3H3,(H,23,25)/b8-7+. The first-order chi connectivity index (χ1) is 13.7. The number of anilines is 1. The van der Waals surface area contributed by atoms with Gasteiger partial charge in [-0.1, -0.05) is 0 Å². The maximum absolute atomic E-state index is 12.4. The Morgan fingerprint density at radius 3 is 2.43 bits per heavy atom. The zero-order valence-electron chi connectivity index (χ0n) is 15.7. The third-order valence-electron chi connectivity index (χ3n) is 3.88. The summed E-state index contributed by atoms with van der Waals surface area (Å²) in [6.07, 6.45) is 8.11. The van der Waals surface area contributed by atoms with E-state index in [1.165, 1.54) is 27.4 Å². The van der Waals surface area contributed by atoms with Gasteiger partial charge in [0.15, 0.2) is 17.3 Å². The van der Waals surface area contributed by atoms with Crippen molar-refractivity contribution in [3.63, 3.8) is 0 Å². The molecule has 0 saturated heterocycles. The number of methoxy groups -OCH3 is 3. The number of amides is 1. The van der Waals surface area contributed by atoms with E-state index in [1.807, 2.05) is 0 Å². The number of benzene rings is 1. The zero-order valence-corrected chi connectivity index (χ0v) is 15.7. The SMILES string of the molecule is COc1cc(/C=C/C(=O)Nc2cccnc2-n2cccn2)cc(OC)c1OC. The van der Waals surface area contributed by atoms with Gasteiger partial charge in [0, 0.05) is 24.7 Å². The first kappa shape index (κ1) is 19.0. The Morgan fingerprint density at radius 1 is 1.07 bits per heavy atom. The second kappa shape index (κ2) is 8.72. The highest BCUT2D eigenvalue weighted by molar-refractivity contribution is 6.02. The molecule has 3 rings (SSSR count). The Morgan fingerprint density at radius 2 is 1.82 bits per heavy atom. The number of nitrogens with zero attached hydrogens (tertiary/aromatic N) is 3. The minimum Gasteiger partial charge on any atom is -0.493 e. The van der Waals surface area contributed by atoms with Crippen molar-refractivity contribution in [3.05, 3.63) is 60.6 Å². The van der Waals surface area contributed by atoms with Crippen LogP contribution in [0, 0.1) is 0 Å². The molecule has 0 radical (unpaired) electrons. The predicted molar refractivity (Wildman–Crippen MR) is 105 cm³/mol. The Labute approximate surface area is 162 Å². The molecule has 0 fully saturated rings. The van der Waals surface area contributed by atoms with Gasteiger partial charge in [-0.3, -0.25) is 4.79 Å². The van der Waals surface area contributed by atoms with Gasteiger partial charge in [0.1, 0.15) is 0 Å². The number of carbonyl (C=O) groups is 1. The van der Waals surface area contributed by atoms with Crippen molar-refractivity contribution in [3.8, 4) is 23.1 Å². The average Bonchev–Trinajstić information content (AvgIpc) is 3.26. The van der Waals surface area contributed by atoms with E-state index in [1.54, 1.807) is 59.7 Å². The van der Waals surface area contributed by atoms with E-state index in [-0.39, 0.29) is 5.91 Å². The molecule has 144 valence electrons. The van der Waals surface area contributed by atoms with Crippen LogP contribution in [0.4, 0.5) is 5.69 Å². The molecule has 8 heteroatoms. The highest BCUT2D eigenvalue weighted by Gasteiger charge is 2.12. The molecule has 3 aromatic rings. The molecule has 0 atom stereocenters. The number of carbonyl (C=O) groups excluding carboxylic acids is 1. The second-order valence-electron chi connectivity index (χ2n) is 5.61. The van der Waals surface area contributed by atoms with E-state index in [9.17, 15) is 4.79 Å². The maximum Gasteiger partial charge on any atom is 0.248 e. The molecule has 1 amide bonds. The molecule has 0 bridgehead atoms. The van der Waals surface area contributed by atoms with Crippen LogP contribution in [0.2, 0.25) is 0 Å². The lowest BCUT2D eigenvalue weighted by Gasteiger charge is -2.12. The van der Waals surface area contributed by atoms with E-state index < -0.39 is 0 Å². The Hall–Kier alpha value is -3.81. The predicted octanol–water partition coefficient (Wildman–Crippen LogP) is 2.95. The lowest BCUT2D eigenvalue weighted by molar-refractivity contribution is -0.111. The summed E-state index contributed by atoms with van der Waals surface area (Å²) >= 11 is 0. The lowest BCUT2D eigenvalue weighted by Crippen LogP contribution is -2.12. The quantitative estimate of drug-likeness (QED) is 0.634. The highest BCUT2D eigenvalue weighted by Crippen LogP contribution is 2.38. The first-order valence-corrected chi connectivity index (χ1v) is 8.40. The minimum absolute atomic E-state index is 0.310. The molecule has 1 N–H and O–H groups in total. The number of hydrogen-bond acceptors (Lipinski definition) is 6. The molecule has 0 aliphatic rings. The van der Waals surface area contributed by atoms with Crippen LogP contribution in [0.15, 0.2) is 55.0 Å². The molecule has 1 aromatic carbocycles. The van der Waals surface area contributed by atoms with Crippen LogP contribution in [0.3, 0.4) is 0 Å². The Balaban J connectivity index is 1.80. The fourth-order valence-electron chi connectivity index (χ4n) is 2.62. The smallest absolute Gasteiger partial charge is 0.248 e. The summed E-state index contributed by atoms with van der Waals surface area (Å²) in [4.78, 5) is 16.7. The maximum atomic E-state index is 12.4. The topological polar surface area (TPSA) is 87.5 Å². The fraction of sp³-hybridized carbons (Fsp3) is 0.150. The summed E-state index contributed by atoms with van der Waals surface area (Å²) < 4.78 is 17.5. The molecule has 2 aromatic heterocycles. The van der Waals surface area contributed by atoms with Crippen molar-refractivity contribution >= 4 is 17.7 Å². The summed E-state index contributed by atoms with van der Waals surface area (Å²) in [6.45, 7) is 0. The molecule has 0 spiro atoms. The fourth-order valence-corrected chi connectivity index (χ4v) is 2.62. The van der Waals surface area contributed by atoms with Gasteiger partial charge in [-0.15, -0.1) is 0 Å². The number of aromatic nitrogens is 3. The summed E-state index contributed by atoms with van der Waals surface area (Å²) in [5.41, 5.74) is 1.27. The number of rotatable bonds is 7. The van der Waals surface area contributed by atoms with Crippen LogP contribution in [0.5, 0.6) is 17.2 Å². The molecular formula is C20H20N4O4.